The summed E-state index contributed by atoms with van der Waals surface area (Å²) in [6.07, 6.45) is 6.49. The van der Waals surface area contributed by atoms with Crippen molar-refractivity contribution in [3.05, 3.63) is 47.3 Å². The molecule has 0 spiro atoms. The van der Waals surface area contributed by atoms with E-state index in [0.717, 1.165) is 24.2 Å². The van der Waals surface area contributed by atoms with Crippen molar-refractivity contribution in [1.29, 1.82) is 0 Å². The first-order valence-electron chi connectivity index (χ1n) is 9.71. The average Bonchev–Trinajstić information content (AvgIpc) is 3.31. The number of rotatable bonds is 7. The van der Waals surface area contributed by atoms with Crippen LogP contribution in [0.3, 0.4) is 0 Å². The average molecular weight is 384 g/mol. The van der Waals surface area contributed by atoms with Crippen molar-refractivity contribution >= 4 is 11.7 Å². The molecule has 1 aromatic heterocycles. The summed E-state index contributed by atoms with van der Waals surface area (Å²) in [7, 11) is 3.38. The molecule has 1 aromatic carbocycles. The van der Waals surface area contributed by atoms with Gasteiger partial charge >= 0.3 is 0 Å². The molecule has 1 N–H and O–H groups in total. The van der Waals surface area contributed by atoms with Crippen LogP contribution in [0.15, 0.2) is 30.5 Å². The number of ketones is 1. The van der Waals surface area contributed by atoms with Crippen molar-refractivity contribution in [2.45, 2.75) is 51.7 Å². The first-order chi connectivity index (χ1) is 13.4. The van der Waals surface area contributed by atoms with Gasteiger partial charge in [-0.3, -0.25) is 9.59 Å². The molecule has 1 saturated carbocycles. The molecule has 1 unspecified atom stereocenters. The van der Waals surface area contributed by atoms with Gasteiger partial charge in [-0.1, -0.05) is 6.07 Å². The zero-order valence-electron chi connectivity index (χ0n) is 17.0. The number of nitrogens with zero attached hydrogens (tertiary/aromatic N) is 1. The summed E-state index contributed by atoms with van der Waals surface area (Å²) in [6.45, 7) is 3.40. The molecule has 2 aromatic rings. The number of aryl methyl sites for hydroxylation is 1. The molecule has 1 aliphatic rings. The van der Waals surface area contributed by atoms with Crippen LogP contribution in [0, 0.1) is 0 Å². The molecule has 1 aliphatic carbocycles. The van der Waals surface area contributed by atoms with Crippen molar-refractivity contribution < 1.29 is 19.1 Å². The van der Waals surface area contributed by atoms with Crippen LogP contribution in [0.5, 0.6) is 11.5 Å². The number of hydrogen-bond acceptors (Lipinski definition) is 4. The van der Waals surface area contributed by atoms with E-state index in [0.29, 0.717) is 17.0 Å². The SMILES string of the molecule is COc1cc(C(C)NC(=O)c2cc(C(C)=O)cn2C)ccc1OC1CCCC1. The smallest absolute Gasteiger partial charge is 0.268 e. The van der Waals surface area contributed by atoms with Gasteiger partial charge in [0.05, 0.1) is 19.3 Å². The van der Waals surface area contributed by atoms with Crippen LogP contribution in [-0.2, 0) is 7.05 Å². The van der Waals surface area contributed by atoms with Crippen LogP contribution >= 0.6 is 0 Å². The number of methoxy groups -OCH3 is 1. The Morgan fingerprint density at radius 1 is 1.18 bits per heavy atom. The second-order valence-electron chi connectivity index (χ2n) is 7.41. The van der Waals surface area contributed by atoms with E-state index in [2.05, 4.69) is 5.32 Å². The van der Waals surface area contributed by atoms with Gasteiger partial charge in [-0.25, -0.2) is 0 Å². The molecule has 0 bridgehead atoms. The highest BCUT2D eigenvalue weighted by Crippen LogP contribution is 2.33. The first-order valence-corrected chi connectivity index (χ1v) is 9.71. The molecule has 1 amide bonds. The fourth-order valence-electron chi connectivity index (χ4n) is 3.57. The Bertz CT molecular complexity index is 865. The molecule has 150 valence electrons. The molecule has 28 heavy (non-hydrogen) atoms. The highest BCUT2D eigenvalue weighted by atomic mass is 16.5. The number of amides is 1. The lowest BCUT2D eigenvalue weighted by molar-refractivity contribution is 0.0931. The number of Topliss-reactive ketones (excluding diaryl/α,β-unsaturated/α-hetero) is 1. The van der Waals surface area contributed by atoms with Crippen molar-refractivity contribution in [3.8, 4) is 11.5 Å². The zero-order valence-corrected chi connectivity index (χ0v) is 17.0. The van der Waals surface area contributed by atoms with E-state index in [9.17, 15) is 9.59 Å². The normalized spacial score (nSPS) is 15.3. The van der Waals surface area contributed by atoms with Crippen LogP contribution in [0.4, 0.5) is 0 Å². The maximum absolute atomic E-state index is 12.6. The van der Waals surface area contributed by atoms with E-state index >= 15 is 0 Å². The summed E-state index contributed by atoms with van der Waals surface area (Å²) in [4.78, 5) is 24.2. The van der Waals surface area contributed by atoms with Crippen LogP contribution < -0.4 is 14.8 Å². The first kappa shape index (κ1) is 20.0. The molecule has 6 heteroatoms. The third-order valence-corrected chi connectivity index (χ3v) is 5.28. The molecule has 1 atom stereocenters. The van der Waals surface area contributed by atoms with Crippen LogP contribution in [0.25, 0.3) is 0 Å². The van der Waals surface area contributed by atoms with Gasteiger partial charge in [0.2, 0.25) is 0 Å². The van der Waals surface area contributed by atoms with Gasteiger partial charge in [0.15, 0.2) is 17.3 Å². The monoisotopic (exact) mass is 384 g/mol. The molecule has 0 saturated heterocycles. The molecule has 1 heterocycles. The molecule has 0 radical (unpaired) electrons. The number of ether oxygens (including phenoxy) is 2. The Hall–Kier alpha value is -2.76. The molecule has 0 aliphatic heterocycles. The summed E-state index contributed by atoms with van der Waals surface area (Å²) in [5.74, 6) is 1.12. The lowest BCUT2D eigenvalue weighted by Gasteiger charge is -2.19. The van der Waals surface area contributed by atoms with Gasteiger partial charge < -0.3 is 19.4 Å². The van der Waals surface area contributed by atoms with Crippen molar-refractivity contribution in [2.24, 2.45) is 7.05 Å². The van der Waals surface area contributed by atoms with E-state index in [1.54, 1.807) is 31.0 Å². The van der Waals surface area contributed by atoms with Crippen LogP contribution in [0.2, 0.25) is 0 Å². The number of aromatic nitrogens is 1. The van der Waals surface area contributed by atoms with E-state index in [1.165, 1.54) is 19.8 Å². The Morgan fingerprint density at radius 2 is 1.89 bits per heavy atom. The minimum Gasteiger partial charge on any atom is -0.493 e. The third-order valence-electron chi connectivity index (χ3n) is 5.28. The lowest BCUT2D eigenvalue weighted by Crippen LogP contribution is -2.28. The number of nitrogens with one attached hydrogen (secondary N) is 1. The Labute approximate surface area is 165 Å². The van der Waals surface area contributed by atoms with Gasteiger partial charge in [0.1, 0.15) is 5.69 Å². The quantitative estimate of drug-likeness (QED) is 0.731. The predicted octanol–water partition coefficient (Wildman–Crippen LogP) is 4.05. The molecular formula is C22H28N2O4. The summed E-state index contributed by atoms with van der Waals surface area (Å²) >= 11 is 0. The number of carbonyl (C=O) groups is 2. The van der Waals surface area contributed by atoms with Crippen molar-refractivity contribution in [3.63, 3.8) is 0 Å². The molecule has 1 fully saturated rings. The highest BCUT2D eigenvalue weighted by Gasteiger charge is 2.20. The maximum atomic E-state index is 12.6. The minimum atomic E-state index is -0.229. The predicted molar refractivity (Wildman–Crippen MR) is 107 cm³/mol. The van der Waals surface area contributed by atoms with Crippen molar-refractivity contribution in [1.82, 2.24) is 9.88 Å². The van der Waals surface area contributed by atoms with Gasteiger partial charge in [0, 0.05) is 18.8 Å². The lowest BCUT2D eigenvalue weighted by atomic mass is 10.1. The zero-order chi connectivity index (χ0) is 20.3. The van der Waals surface area contributed by atoms with E-state index in [1.807, 2.05) is 25.1 Å². The van der Waals surface area contributed by atoms with Gasteiger partial charge in [-0.15, -0.1) is 0 Å². The fourth-order valence-corrected chi connectivity index (χ4v) is 3.57. The number of benzene rings is 1. The third kappa shape index (κ3) is 4.38. The molecular weight excluding hydrogens is 356 g/mol. The van der Waals surface area contributed by atoms with E-state index < -0.39 is 0 Å². The number of hydrogen-bond donors (Lipinski definition) is 1. The van der Waals surface area contributed by atoms with Crippen LogP contribution in [-0.4, -0.2) is 29.5 Å². The second-order valence-corrected chi connectivity index (χ2v) is 7.41. The summed E-state index contributed by atoms with van der Waals surface area (Å²) in [6, 6.07) is 7.15. The molecule has 6 nitrogen and oxygen atoms in total. The highest BCUT2D eigenvalue weighted by molar-refractivity contribution is 5.99. The van der Waals surface area contributed by atoms with E-state index in [4.69, 9.17) is 9.47 Å². The van der Waals surface area contributed by atoms with E-state index in [-0.39, 0.29) is 23.8 Å². The Balaban J connectivity index is 1.72. The Morgan fingerprint density at radius 3 is 2.50 bits per heavy atom. The van der Waals surface area contributed by atoms with Crippen LogP contribution in [0.1, 0.15) is 72.0 Å². The van der Waals surface area contributed by atoms with Gasteiger partial charge in [-0.05, 0) is 63.3 Å². The summed E-state index contributed by atoms with van der Waals surface area (Å²) in [5.41, 5.74) is 1.89. The standard InChI is InChI=1S/C22H28N2O4/c1-14(23-22(26)19-11-17(15(2)25)13-24(19)3)16-9-10-20(21(12-16)27-4)28-18-7-5-6-8-18/h9-14,18H,5-8H2,1-4H3,(H,23,26). The summed E-state index contributed by atoms with van der Waals surface area (Å²) < 4.78 is 13.2. The van der Waals surface area contributed by atoms with Gasteiger partial charge in [-0.2, -0.15) is 0 Å². The summed E-state index contributed by atoms with van der Waals surface area (Å²) in [5, 5.41) is 2.98. The van der Waals surface area contributed by atoms with Gasteiger partial charge in [0.25, 0.3) is 5.91 Å². The topological polar surface area (TPSA) is 69.6 Å². The molecule has 3 rings (SSSR count). The second kappa shape index (κ2) is 8.50. The largest absolute Gasteiger partial charge is 0.493 e. The number of carbonyl (C=O) groups excluding carboxylic acids is 2. The Kier molecular flexibility index (Phi) is 6.07. The van der Waals surface area contributed by atoms with Crippen molar-refractivity contribution in [2.75, 3.05) is 7.11 Å². The minimum absolute atomic E-state index is 0.0645. The maximum Gasteiger partial charge on any atom is 0.268 e. The fraction of sp³-hybridized carbons (Fsp3) is 0.455.